The monoisotopic (exact) mass is 391 g/mol. The lowest BCUT2D eigenvalue weighted by Crippen LogP contribution is -2.30. The molecule has 1 saturated heterocycles. The third-order valence-electron chi connectivity index (χ3n) is 5.35. The second-order valence-electron chi connectivity index (χ2n) is 7.61. The molecule has 0 aromatic carbocycles. The lowest BCUT2D eigenvalue weighted by atomic mass is 10.2. The van der Waals surface area contributed by atoms with Crippen LogP contribution in [0.25, 0.3) is 10.9 Å². The van der Waals surface area contributed by atoms with Crippen molar-refractivity contribution in [2.75, 3.05) is 37.4 Å². The topological polar surface area (TPSA) is 87.1 Å². The van der Waals surface area contributed by atoms with Crippen molar-refractivity contribution >= 4 is 28.3 Å². The summed E-state index contributed by atoms with van der Waals surface area (Å²) < 4.78 is 0. The molecule has 3 aromatic heterocycles. The van der Waals surface area contributed by atoms with Crippen molar-refractivity contribution in [1.82, 2.24) is 24.8 Å². The van der Waals surface area contributed by atoms with Gasteiger partial charge in [0.25, 0.3) is 5.91 Å². The van der Waals surface area contributed by atoms with Gasteiger partial charge < -0.3 is 15.1 Å². The summed E-state index contributed by atoms with van der Waals surface area (Å²) in [6, 6.07) is 4.25. The summed E-state index contributed by atoms with van der Waals surface area (Å²) in [7, 11) is 3.43. The maximum absolute atomic E-state index is 12.4. The van der Waals surface area contributed by atoms with E-state index in [-0.39, 0.29) is 17.8 Å². The number of aryl methyl sites for hydroxylation is 1. The van der Waals surface area contributed by atoms with Crippen molar-refractivity contribution in [1.29, 1.82) is 0 Å². The largest absolute Gasteiger partial charge is 0.380 e. The minimum Gasteiger partial charge on any atom is -0.380 e. The van der Waals surface area contributed by atoms with Crippen LogP contribution < -0.4 is 10.2 Å². The fourth-order valence-corrected chi connectivity index (χ4v) is 3.63. The third-order valence-corrected chi connectivity index (χ3v) is 5.35. The van der Waals surface area contributed by atoms with Crippen LogP contribution in [-0.4, -0.2) is 64.0 Å². The molecule has 150 valence electrons. The van der Waals surface area contributed by atoms with Gasteiger partial charge in [0.2, 0.25) is 5.82 Å². The van der Waals surface area contributed by atoms with Gasteiger partial charge in [0.05, 0.1) is 11.7 Å². The number of amides is 1. The number of nitrogens with one attached hydrogen (secondary N) is 1. The summed E-state index contributed by atoms with van der Waals surface area (Å²) >= 11 is 0. The summed E-state index contributed by atoms with van der Waals surface area (Å²) in [5, 5.41) is 4.71. The van der Waals surface area contributed by atoms with Gasteiger partial charge in [-0.15, -0.1) is 0 Å². The molecule has 1 amide bonds. The number of hydrogen-bond acceptors (Lipinski definition) is 7. The lowest BCUT2D eigenvalue weighted by molar-refractivity contribution is 0.0815. The Bertz CT molecular complexity index is 1060. The van der Waals surface area contributed by atoms with Crippen molar-refractivity contribution in [3.63, 3.8) is 0 Å². The highest BCUT2D eigenvalue weighted by molar-refractivity contribution is 5.91. The minimum absolute atomic E-state index is 0.180. The number of nitrogens with zero attached hydrogens (tertiary/aromatic N) is 6. The van der Waals surface area contributed by atoms with Crippen LogP contribution in [0.2, 0.25) is 0 Å². The van der Waals surface area contributed by atoms with Crippen molar-refractivity contribution in [3.05, 3.63) is 47.8 Å². The van der Waals surface area contributed by atoms with Gasteiger partial charge in [-0.25, -0.2) is 9.97 Å². The second kappa shape index (κ2) is 7.62. The molecule has 8 nitrogen and oxygen atoms in total. The molecule has 0 radical (unpaired) electrons. The van der Waals surface area contributed by atoms with E-state index >= 15 is 0 Å². The maximum Gasteiger partial charge on any atom is 0.291 e. The molecule has 4 rings (SSSR count). The van der Waals surface area contributed by atoms with Gasteiger partial charge >= 0.3 is 0 Å². The highest BCUT2D eigenvalue weighted by Gasteiger charge is 2.27. The first-order valence-electron chi connectivity index (χ1n) is 9.71. The van der Waals surface area contributed by atoms with Crippen molar-refractivity contribution in [2.24, 2.45) is 0 Å². The molecule has 0 aliphatic carbocycles. The standard InChI is InChI=1S/C21H25N7O/c1-13-14(2)24-19(21(29)27(3)4)26-20(13)28-10-7-15(12-28)25-17-6-9-23-18-11-22-8-5-16(17)18/h5-6,8-9,11,15H,7,10,12H2,1-4H3,(H,23,25)/t15-/m1/s1. The van der Waals surface area contributed by atoms with E-state index in [1.54, 1.807) is 32.7 Å². The zero-order valence-electron chi connectivity index (χ0n) is 17.2. The molecule has 1 aliphatic heterocycles. The number of aromatic nitrogens is 4. The Morgan fingerprint density at radius 2 is 2.03 bits per heavy atom. The Kier molecular flexibility index (Phi) is 5.00. The van der Waals surface area contributed by atoms with Crippen LogP contribution in [0.15, 0.2) is 30.7 Å². The van der Waals surface area contributed by atoms with E-state index in [4.69, 9.17) is 0 Å². The first-order chi connectivity index (χ1) is 13.9. The SMILES string of the molecule is Cc1nc(C(=O)N(C)C)nc(N2CC[C@@H](Nc3ccnc4cnccc34)C2)c1C. The average Bonchev–Trinajstić information content (AvgIpc) is 3.18. The number of anilines is 2. The summed E-state index contributed by atoms with van der Waals surface area (Å²) in [5.74, 6) is 0.910. The lowest BCUT2D eigenvalue weighted by Gasteiger charge is -2.22. The van der Waals surface area contributed by atoms with Gasteiger partial charge in [-0.3, -0.25) is 14.8 Å². The number of fused-ring (bicyclic) bond motifs is 1. The molecule has 1 fully saturated rings. The van der Waals surface area contributed by atoms with Crippen LogP contribution in [0.3, 0.4) is 0 Å². The molecule has 1 atom stereocenters. The number of hydrogen-bond donors (Lipinski definition) is 1. The van der Waals surface area contributed by atoms with Crippen LogP contribution in [0.4, 0.5) is 11.5 Å². The van der Waals surface area contributed by atoms with E-state index in [0.717, 1.165) is 53.2 Å². The third kappa shape index (κ3) is 3.70. The number of rotatable bonds is 4. The van der Waals surface area contributed by atoms with Gasteiger partial charge in [-0.05, 0) is 32.4 Å². The highest BCUT2D eigenvalue weighted by Crippen LogP contribution is 2.27. The van der Waals surface area contributed by atoms with Gasteiger partial charge in [-0.1, -0.05) is 0 Å². The van der Waals surface area contributed by atoms with Crippen LogP contribution in [0.5, 0.6) is 0 Å². The van der Waals surface area contributed by atoms with Crippen LogP contribution in [0, 0.1) is 13.8 Å². The second-order valence-corrected chi connectivity index (χ2v) is 7.61. The van der Waals surface area contributed by atoms with Crippen molar-refractivity contribution < 1.29 is 4.79 Å². The van der Waals surface area contributed by atoms with E-state index in [9.17, 15) is 4.79 Å². The molecule has 29 heavy (non-hydrogen) atoms. The zero-order chi connectivity index (χ0) is 20.5. The van der Waals surface area contributed by atoms with Crippen LogP contribution in [-0.2, 0) is 0 Å². The normalized spacial score (nSPS) is 16.3. The summed E-state index contributed by atoms with van der Waals surface area (Å²) in [6.07, 6.45) is 6.34. The number of carbonyl (C=O) groups excluding carboxylic acids is 1. The Hall–Kier alpha value is -3.29. The number of carbonyl (C=O) groups is 1. The fraction of sp³-hybridized carbons (Fsp3) is 0.381. The van der Waals surface area contributed by atoms with E-state index in [0.29, 0.717) is 0 Å². The first-order valence-corrected chi connectivity index (χ1v) is 9.71. The molecular formula is C21H25N7O. The van der Waals surface area contributed by atoms with E-state index in [1.165, 1.54) is 4.90 Å². The molecular weight excluding hydrogens is 366 g/mol. The predicted octanol–water partition coefficient (Wildman–Crippen LogP) is 2.43. The summed E-state index contributed by atoms with van der Waals surface area (Å²) in [6.45, 7) is 5.62. The predicted molar refractivity (Wildman–Crippen MR) is 113 cm³/mol. The molecule has 0 unspecified atom stereocenters. The van der Waals surface area contributed by atoms with Gasteiger partial charge in [-0.2, -0.15) is 0 Å². The molecule has 3 aromatic rings. The molecule has 0 saturated carbocycles. The van der Waals surface area contributed by atoms with E-state index in [1.807, 2.05) is 26.0 Å². The van der Waals surface area contributed by atoms with Crippen molar-refractivity contribution in [3.8, 4) is 0 Å². The summed E-state index contributed by atoms with van der Waals surface area (Å²) in [4.78, 5) is 33.6. The van der Waals surface area contributed by atoms with E-state index in [2.05, 4.69) is 30.2 Å². The van der Waals surface area contributed by atoms with Crippen molar-refractivity contribution in [2.45, 2.75) is 26.3 Å². The maximum atomic E-state index is 12.4. The molecule has 0 spiro atoms. The van der Waals surface area contributed by atoms with Gasteiger partial charge in [0, 0.05) is 68.0 Å². The molecule has 1 N–H and O–H groups in total. The highest BCUT2D eigenvalue weighted by atomic mass is 16.2. The zero-order valence-corrected chi connectivity index (χ0v) is 17.2. The average molecular weight is 391 g/mol. The number of pyridine rings is 2. The molecule has 0 bridgehead atoms. The molecule has 4 heterocycles. The van der Waals surface area contributed by atoms with Gasteiger partial charge in [0.15, 0.2) is 0 Å². The molecule has 1 aliphatic rings. The summed E-state index contributed by atoms with van der Waals surface area (Å²) in [5.41, 5.74) is 3.79. The Morgan fingerprint density at radius 3 is 2.83 bits per heavy atom. The quantitative estimate of drug-likeness (QED) is 0.731. The molecule has 8 heteroatoms. The minimum atomic E-state index is -0.180. The fourth-order valence-electron chi connectivity index (χ4n) is 3.63. The Balaban J connectivity index is 1.56. The first kappa shape index (κ1) is 19.0. The van der Waals surface area contributed by atoms with Crippen LogP contribution in [0.1, 0.15) is 28.3 Å². The smallest absolute Gasteiger partial charge is 0.291 e. The van der Waals surface area contributed by atoms with Gasteiger partial charge in [0.1, 0.15) is 5.82 Å². The Labute approximate surface area is 170 Å². The Morgan fingerprint density at radius 1 is 1.21 bits per heavy atom. The van der Waals surface area contributed by atoms with E-state index < -0.39 is 0 Å². The van der Waals surface area contributed by atoms with Crippen LogP contribution >= 0.6 is 0 Å².